The van der Waals surface area contributed by atoms with E-state index in [0.717, 1.165) is 30.6 Å². The van der Waals surface area contributed by atoms with E-state index in [1.807, 2.05) is 6.92 Å². The first-order chi connectivity index (χ1) is 10.1. The first-order valence-corrected chi connectivity index (χ1v) is 7.74. The van der Waals surface area contributed by atoms with E-state index in [4.69, 9.17) is 11.5 Å². The van der Waals surface area contributed by atoms with E-state index in [0.29, 0.717) is 21.8 Å². The Hall–Kier alpha value is -1.92. The highest BCUT2D eigenvalue weighted by atomic mass is 32.1. The van der Waals surface area contributed by atoms with Crippen LogP contribution in [-0.4, -0.2) is 16.7 Å². The molecule has 0 saturated carbocycles. The molecule has 1 aromatic carbocycles. The second-order valence-corrected chi connectivity index (χ2v) is 6.12. The molecule has 1 atom stereocenters. The number of aromatic nitrogens is 1. The van der Waals surface area contributed by atoms with E-state index in [-0.39, 0.29) is 11.8 Å². The lowest BCUT2D eigenvalue weighted by Crippen LogP contribution is -2.14. The van der Waals surface area contributed by atoms with Gasteiger partial charge in [-0.3, -0.25) is 4.79 Å². The largest absolute Gasteiger partial charge is 0.397 e. The molecule has 110 valence electrons. The summed E-state index contributed by atoms with van der Waals surface area (Å²) >= 11 is 1.26. The van der Waals surface area contributed by atoms with Crippen LogP contribution < -0.4 is 16.8 Å². The summed E-state index contributed by atoms with van der Waals surface area (Å²) in [6.45, 7) is 2.98. The molecule has 2 heterocycles. The van der Waals surface area contributed by atoms with Crippen LogP contribution in [0.4, 0.5) is 11.4 Å². The smallest absolute Gasteiger partial charge is 0.204 e. The molecule has 6 heteroatoms. The number of hydrogen-bond acceptors (Lipinski definition) is 6. The number of nitrogens with two attached hydrogens (primary N) is 2. The van der Waals surface area contributed by atoms with Crippen molar-refractivity contribution in [3.63, 3.8) is 0 Å². The maximum atomic E-state index is 12.6. The molecule has 0 aliphatic carbocycles. The van der Waals surface area contributed by atoms with Gasteiger partial charge in [-0.15, -0.1) is 0 Å². The predicted octanol–water partition coefficient (Wildman–Crippen LogP) is 2.27. The van der Waals surface area contributed by atoms with E-state index in [1.165, 1.54) is 11.5 Å². The molecule has 0 spiro atoms. The molecule has 0 bridgehead atoms. The molecule has 1 fully saturated rings. The number of rotatable bonds is 3. The van der Waals surface area contributed by atoms with Crippen LogP contribution in [0.2, 0.25) is 0 Å². The van der Waals surface area contributed by atoms with Crippen molar-refractivity contribution in [1.29, 1.82) is 0 Å². The summed E-state index contributed by atoms with van der Waals surface area (Å²) in [6.07, 6.45) is 2.23. The Balaban J connectivity index is 1.92. The summed E-state index contributed by atoms with van der Waals surface area (Å²) < 4.78 is 4.49. The molecule has 5 N–H and O–H groups in total. The first kappa shape index (κ1) is 14.0. The normalized spacial score (nSPS) is 18.0. The van der Waals surface area contributed by atoms with Crippen molar-refractivity contribution < 1.29 is 4.79 Å². The summed E-state index contributed by atoms with van der Waals surface area (Å²) in [4.78, 5) is 13.3. The Kier molecular flexibility index (Phi) is 3.65. The Labute approximate surface area is 127 Å². The van der Waals surface area contributed by atoms with Crippen molar-refractivity contribution in [2.75, 3.05) is 18.0 Å². The maximum Gasteiger partial charge on any atom is 0.204 e. The second-order valence-electron chi connectivity index (χ2n) is 5.34. The number of benzene rings is 1. The van der Waals surface area contributed by atoms with Crippen molar-refractivity contribution >= 4 is 28.7 Å². The van der Waals surface area contributed by atoms with E-state index in [1.54, 1.807) is 18.2 Å². The molecule has 0 radical (unpaired) electrons. The quantitative estimate of drug-likeness (QED) is 0.597. The lowest BCUT2D eigenvalue weighted by atomic mass is 10.0. The standard InChI is InChI=1S/C15H18N4OS/c1-8-13(12-3-2-6-18-12)19-21-15(8)14(20)9-4-5-10(16)11(17)7-9/h4-5,7,12,18H,2-3,6,16-17H2,1H3. The van der Waals surface area contributed by atoms with E-state index < -0.39 is 0 Å². The Morgan fingerprint density at radius 2 is 2.19 bits per heavy atom. The third-order valence-electron chi connectivity index (χ3n) is 3.91. The Morgan fingerprint density at radius 3 is 2.86 bits per heavy atom. The molecular weight excluding hydrogens is 284 g/mol. The average molecular weight is 302 g/mol. The summed E-state index contributed by atoms with van der Waals surface area (Å²) in [5.74, 6) is -0.0408. The monoisotopic (exact) mass is 302 g/mol. The second kappa shape index (κ2) is 5.46. The first-order valence-electron chi connectivity index (χ1n) is 6.97. The van der Waals surface area contributed by atoms with Crippen LogP contribution in [0.25, 0.3) is 0 Å². The van der Waals surface area contributed by atoms with Gasteiger partial charge in [0.2, 0.25) is 5.78 Å². The van der Waals surface area contributed by atoms with Gasteiger partial charge in [0, 0.05) is 5.56 Å². The van der Waals surface area contributed by atoms with E-state index >= 15 is 0 Å². The molecule has 0 amide bonds. The van der Waals surface area contributed by atoms with Crippen molar-refractivity contribution in [3.8, 4) is 0 Å². The summed E-state index contributed by atoms with van der Waals surface area (Å²) in [5.41, 5.74) is 14.9. The summed E-state index contributed by atoms with van der Waals surface area (Å²) in [7, 11) is 0. The van der Waals surface area contributed by atoms with Gasteiger partial charge < -0.3 is 16.8 Å². The van der Waals surface area contributed by atoms with Gasteiger partial charge >= 0.3 is 0 Å². The van der Waals surface area contributed by atoms with Crippen LogP contribution in [0.15, 0.2) is 18.2 Å². The van der Waals surface area contributed by atoms with Crippen LogP contribution in [0.3, 0.4) is 0 Å². The summed E-state index contributed by atoms with van der Waals surface area (Å²) in [5, 5.41) is 3.42. The molecule has 1 unspecified atom stereocenters. The number of nitrogens with one attached hydrogen (secondary N) is 1. The lowest BCUT2D eigenvalue weighted by molar-refractivity contribution is 0.104. The van der Waals surface area contributed by atoms with Crippen LogP contribution >= 0.6 is 11.5 Å². The zero-order chi connectivity index (χ0) is 15.0. The van der Waals surface area contributed by atoms with Gasteiger partial charge in [0.15, 0.2) is 0 Å². The summed E-state index contributed by atoms with van der Waals surface area (Å²) in [6, 6.07) is 5.28. The number of carbonyl (C=O) groups excluding carboxylic acids is 1. The maximum absolute atomic E-state index is 12.6. The van der Waals surface area contributed by atoms with Crippen molar-refractivity contribution in [2.24, 2.45) is 0 Å². The molecule has 3 rings (SSSR count). The van der Waals surface area contributed by atoms with Gasteiger partial charge in [-0.25, -0.2) is 0 Å². The fourth-order valence-corrected chi connectivity index (χ4v) is 3.55. The fourth-order valence-electron chi connectivity index (χ4n) is 2.65. The SMILES string of the molecule is Cc1c(C2CCCN2)nsc1C(=O)c1ccc(N)c(N)c1. The molecule has 1 saturated heterocycles. The number of ketones is 1. The predicted molar refractivity (Wildman–Crippen MR) is 85.5 cm³/mol. The van der Waals surface area contributed by atoms with Gasteiger partial charge in [-0.2, -0.15) is 4.37 Å². The number of nitrogens with zero attached hydrogens (tertiary/aromatic N) is 1. The topological polar surface area (TPSA) is 94.0 Å². The lowest BCUT2D eigenvalue weighted by Gasteiger charge is -2.08. The van der Waals surface area contributed by atoms with Crippen LogP contribution in [0.5, 0.6) is 0 Å². The van der Waals surface area contributed by atoms with Gasteiger partial charge in [-0.05, 0) is 61.6 Å². The highest BCUT2D eigenvalue weighted by Gasteiger charge is 2.25. The molecule has 1 aromatic heterocycles. The zero-order valence-corrected chi connectivity index (χ0v) is 12.7. The number of carbonyl (C=O) groups is 1. The highest BCUT2D eigenvalue weighted by molar-refractivity contribution is 7.08. The molecule has 5 nitrogen and oxygen atoms in total. The minimum absolute atomic E-state index is 0.0408. The van der Waals surface area contributed by atoms with Gasteiger partial charge in [0.05, 0.1) is 28.0 Å². The Bertz CT molecular complexity index is 689. The van der Waals surface area contributed by atoms with Gasteiger partial charge in [0.25, 0.3) is 0 Å². The van der Waals surface area contributed by atoms with Crippen molar-refractivity contribution in [2.45, 2.75) is 25.8 Å². The minimum Gasteiger partial charge on any atom is -0.397 e. The molecule has 1 aliphatic heterocycles. The zero-order valence-electron chi connectivity index (χ0n) is 11.8. The Morgan fingerprint density at radius 1 is 1.38 bits per heavy atom. The third kappa shape index (κ3) is 2.52. The van der Waals surface area contributed by atoms with Crippen molar-refractivity contribution in [3.05, 3.63) is 39.9 Å². The van der Waals surface area contributed by atoms with Gasteiger partial charge in [0.1, 0.15) is 0 Å². The minimum atomic E-state index is -0.0408. The molecule has 2 aromatic rings. The average Bonchev–Trinajstić information content (AvgIpc) is 3.10. The number of nitrogen functional groups attached to an aromatic ring is 2. The van der Waals surface area contributed by atoms with Crippen LogP contribution in [0.1, 0.15) is 45.4 Å². The van der Waals surface area contributed by atoms with Gasteiger partial charge in [-0.1, -0.05) is 0 Å². The van der Waals surface area contributed by atoms with E-state index in [9.17, 15) is 4.79 Å². The fraction of sp³-hybridized carbons (Fsp3) is 0.333. The van der Waals surface area contributed by atoms with E-state index in [2.05, 4.69) is 9.69 Å². The third-order valence-corrected chi connectivity index (χ3v) is 4.87. The highest BCUT2D eigenvalue weighted by Crippen LogP contribution is 2.30. The molecular formula is C15H18N4OS. The van der Waals surface area contributed by atoms with Crippen LogP contribution in [0, 0.1) is 6.92 Å². The van der Waals surface area contributed by atoms with Crippen molar-refractivity contribution in [1.82, 2.24) is 9.69 Å². The van der Waals surface area contributed by atoms with Crippen LogP contribution in [-0.2, 0) is 0 Å². The number of hydrogen-bond donors (Lipinski definition) is 3. The number of anilines is 2. The molecule has 21 heavy (non-hydrogen) atoms. The molecule has 1 aliphatic rings.